The van der Waals surface area contributed by atoms with E-state index in [0.717, 1.165) is 19.4 Å². The van der Waals surface area contributed by atoms with Crippen LogP contribution in [0.2, 0.25) is 0 Å². The van der Waals surface area contributed by atoms with Gasteiger partial charge in [-0.3, -0.25) is 10.2 Å². The molecule has 2 fully saturated rings. The summed E-state index contributed by atoms with van der Waals surface area (Å²) in [6.07, 6.45) is 9.82. The van der Waals surface area contributed by atoms with Crippen LogP contribution in [0.15, 0.2) is 0 Å². The summed E-state index contributed by atoms with van der Waals surface area (Å²) in [6.45, 7) is 5.54. The highest BCUT2D eigenvalue weighted by Crippen LogP contribution is 2.41. The van der Waals surface area contributed by atoms with Crippen LogP contribution < -0.4 is 0 Å². The molecule has 1 saturated heterocycles. The fourth-order valence-corrected chi connectivity index (χ4v) is 3.83. The zero-order valence-corrected chi connectivity index (χ0v) is 14.0. The van der Waals surface area contributed by atoms with Crippen molar-refractivity contribution in [3.63, 3.8) is 0 Å². The minimum Gasteiger partial charge on any atom is -0.349 e. The van der Waals surface area contributed by atoms with E-state index in [1.165, 1.54) is 38.5 Å². The molecule has 4 nitrogen and oxygen atoms in total. The average Bonchev–Trinajstić information content (AvgIpc) is 2.70. The first-order valence-corrected chi connectivity index (χ1v) is 8.55. The molecular formula is C17H31N3O. The number of hydrogen-bond acceptors (Lipinski definition) is 2. The van der Waals surface area contributed by atoms with Crippen LogP contribution in [-0.4, -0.2) is 47.7 Å². The molecule has 4 heteroatoms. The molecule has 1 saturated carbocycles. The molecule has 1 aliphatic carbocycles. The second-order valence-corrected chi connectivity index (χ2v) is 7.13. The molecule has 2 aliphatic rings. The highest BCUT2D eigenvalue weighted by Gasteiger charge is 2.34. The first kappa shape index (κ1) is 16.3. The SMILES string of the molecule is CCC1(CC(=N)N2CC(=O)N(C)C(C)C2)CCCCCC1. The van der Waals surface area contributed by atoms with E-state index in [0.29, 0.717) is 17.8 Å². The second kappa shape index (κ2) is 6.80. The smallest absolute Gasteiger partial charge is 0.242 e. The third-order valence-electron chi connectivity index (χ3n) is 5.70. The molecule has 1 atom stereocenters. The normalized spacial score (nSPS) is 26.6. The fraction of sp³-hybridized carbons (Fsp3) is 0.882. The minimum atomic E-state index is 0.143. The maximum atomic E-state index is 12.0. The Morgan fingerprint density at radius 2 is 1.90 bits per heavy atom. The van der Waals surface area contributed by atoms with Gasteiger partial charge < -0.3 is 9.80 Å². The summed E-state index contributed by atoms with van der Waals surface area (Å²) < 4.78 is 0. The monoisotopic (exact) mass is 293 g/mol. The van der Waals surface area contributed by atoms with E-state index < -0.39 is 0 Å². The number of carbonyl (C=O) groups is 1. The lowest BCUT2D eigenvalue weighted by Crippen LogP contribution is -2.55. The fourth-order valence-electron chi connectivity index (χ4n) is 3.83. The van der Waals surface area contributed by atoms with Crippen molar-refractivity contribution in [2.24, 2.45) is 5.41 Å². The van der Waals surface area contributed by atoms with Crippen LogP contribution in [0.4, 0.5) is 0 Å². The van der Waals surface area contributed by atoms with Gasteiger partial charge in [0, 0.05) is 26.1 Å². The molecule has 1 amide bonds. The molecule has 0 aromatic carbocycles. The Morgan fingerprint density at radius 3 is 2.43 bits per heavy atom. The van der Waals surface area contributed by atoms with Gasteiger partial charge in [-0.05, 0) is 25.2 Å². The summed E-state index contributed by atoms with van der Waals surface area (Å²) in [6, 6.07) is 0.207. The van der Waals surface area contributed by atoms with Crippen molar-refractivity contribution in [3.05, 3.63) is 0 Å². The predicted octanol–water partition coefficient (Wildman–Crippen LogP) is 3.27. The molecule has 0 aromatic rings. The largest absolute Gasteiger partial charge is 0.349 e. The molecular weight excluding hydrogens is 262 g/mol. The number of piperazine rings is 1. The lowest BCUT2D eigenvalue weighted by molar-refractivity contribution is -0.135. The summed E-state index contributed by atoms with van der Waals surface area (Å²) >= 11 is 0. The standard InChI is InChI=1S/C17H31N3O/c1-4-17(9-7-5-6-8-10-17)11-15(18)20-12-14(2)19(3)16(21)13-20/h14,18H,4-13H2,1-3H3. The van der Waals surface area contributed by atoms with Gasteiger partial charge >= 0.3 is 0 Å². The summed E-state index contributed by atoms with van der Waals surface area (Å²) in [5.74, 6) is 0.831. The van der Waals surface area contributed by atoms with E-state index >= 15 is 0 Å². The van der Waals surface area contributed by atoms with Crippen molar-refractivity contribution >= 4 is 11.7 Å². The van der Waals surface area contributed by atoms with Gasteiger partial charge in [0.05, 0.1) is 12.4 Å². The molecule has 21 heavy (non-hydrogen) atoms. The highest BCUT2D eigenvalue weighted by atomic mass is 16.2. The second-order valence-electron chi connectivity index (χ2n) is 7.13. The van der Waals surface area contributed by atoms with Crippen LogP contribution in [0.5, 0.6) is 0 Å². The molecule has 0 radical (unpaired) electrons. The number of hydrogen-bond donors (Lipinski definition) is 1. The molecule has 1 N–H and O–H groups in total. The number of nitrogens with zero attached hydrogens (tertiary/aromatic N) is 2. The van der Waals surface area contributed by atoms with Gasteiger partial charge in [-0.15, -0.1) is 0 Å². The molecule has 1 heterocycles. The maximum Gasteiger partial charge on any atom is 0.242 e. The Balaban J connectivity index is 2.00. The Kier molecular flexibility index (Phi) is 5.28. The molecule has 0 spiro atoms. The van der Waals surface area contributed by atoms with Gasteiger partial charge in [0.2, 0.25) is 5.91 Å². The number of amides is 1. The van der Waals surface area contributed by atoms with E-state index in [9.17, 15) is 4.79 Å². The minimum absolute atomic E-state index is 0.143. The van der Waals surface area contributed by atoms with Gasteiger partial charge in [-0.1, -0.05) is 39.0 Å². The Hall–Kier alpha value is -1.06. The van der Waals surface area contributed by atoms with Crippen LogP contribution >= 0.6 is 0 Å². The van der Waals surface area contributed by atoms with Gasteiger partial charge in [0.25, 0.3) is 0 Å². The average molecular weight is 293 g/mol. The molecule has 0 bridgehead atoms. The number of nitrogens with one attached hydrogen (secondary N) is 1. The summed E-state index contributed by atoms with van der Waals surface area (Å²) in [5.41, 5.74) is 0.309. The van der Waals surface area contributed by atoms with Crippen molar-refractivity contribution in [1.29, 1.82) is 5.41 Å². The molecule has 1 unspecified atom stereocenters. The van der Waals surface area contributed by atoms with Gasteiger partial charge in [0.15, 0.2) is 0 Å². The maximum absolute atomic E-state index is 12.0. The number of amidine groups is 1. The van der Waals surface area contributed by atoms with Crippen LogP contribution in [0, 0.1) is 10.8 Å². The Bertz CT molecular complexity index is 385. The molecule has 2 rings (SSSR count). The van der Waals surface area contributed by atoms with Gasteiger partial charge in [-0.25, -0.2) is 0 Å². The van der Waals surface area contributed by atoms with E-state index in [1.54, 1.807) is 0 Å². The topological polar surface area (TPSA) is 47.4 Å². The Labute approximate surface area is 129 Å². The lowest BCUT2D eigenvalue weighted by atomic mass is 9.74. The number of rotatable bonds is 3. The molecule has 0 aromatic heterocycles. The first-order chi connectivity index (χ1) is 9.97. The first-order valence-electron chi connectivity index (χ1n) is 8.55. The van der Waals surface area contributed by atoms with E-state index in [2.05, 4.69) is 13.8 Å². The van der Waals surface area contributed by atoms with Crippen LogP contribution in [0.1, 0.15) is 65.2 Å². The summed E-state index contributed by atoms with van der Waals surface area (Å²) in [5, 5.41) is 8.52. The lowest BCUT2D eigenvalue weighted by Gasteiger charge is -2.41. The Morgan fingerprint density at radius 1 is 1.29 bits per heavy atom. The number of carbonyl (C=O) groups excluding carboxylic acids is 1. The number of likely N-dealkylation sites (N-methyl/N-ethyl adjacent to an activating group) is 1. The van der Waals surface area contributed by atoms with Crippen molar-refractivity contribution in [2.45, 2.75) is 71.3 Å². The third kappa shape index (κ3) is 3.78. The van der Waals surface area contributed by atoms with Gasteiger partial charge in [0.1, 0.15) is 0 Å². The zero-order valence-electron chi connectivity index (χ0n) is 14.0. The van der Waals surface area contributed by atoms with Crippen LogP contribution in [0.25, 0.3) is 0 Å². The van der Waals surface area contributed by atoms with Crippen molar-refractivity contribution in [3.8, 4) is 0 Å². The molecule has 1 aliphatic heterocycles. The van der Waals surface area contributed by atoms with Crippen LogP contribution in [-0.2, 0) is 4.79 Å². The van der Waals surface area contributed by atoms with Crippen molar-refractivity contribution in [2.75, 3.05) is 20.1 Å². The van der Waals surface area contributed by atoms with Crippen molar-refractivity contribution < 1.29 is 4.79 Å². The van der Waals surface area contributed by atoms with Crippen LogP contribution in [0.3, 0.4) is 0 Å². The van der Waals surface area contributed by atoms with Gasteiger partial charge in [-0.2, -0.15) is 0 Å². The summed E-state index contributed by atoms with van der Waals surface area (Å²) in [4.78, 5) is 15.8. The predicted molar refractivity (Wildman–Crippen MR) is 86.6 cm³/mol. The molecule has 120 valence electrons. The highest BCUT2D eigenvalue weighted by molar-refractivity contribution is 5.87. The van der Waals surface area contributed by atoms with E-state index in [4.69, 9.17) is 5.41 Å². The zero-order chi connectivity index (χ0) is 15.5. The van der Waals surface area contributed by atoms with E-state index in [-0.39, 0.29) is 11.9 Å². The summed E-state index contributed by atoms with van der Waals surface area (Å²) in [7, 11) is 1.87. The van der Waals surface area contributed by atoms with Crippen molar-refractivity contribution in [1.82, 2.24) is 9.80 Å². The van der Waals surface area contributed by atoms with E-state index in [1.807, 2.05) is 16.8 Å². The third-order valence-corrected chi connectivity index (χ3v) is 5.70. The quantitative estimate of drug-likeness (QED) is 0.493.